The highest BCUT2D eigenvalue weighted by molar-refractivity contribution is 5.96. The Morgan fingerprint density at radius 2 is 2.00 bits per heavy atom. The van der Waals surface area contributed by atoms with E-state index in [1.54, 1.807) is 6.07 Å². The molecule has 3 N–H and O–H groups in total. The lowest BCUT2D eigenvalue weighted by Crippen LogP contribution is -2.37. The molecule has 0 saturated heterocycles. The van der Waals surface area contributed by atoms with Gasteiger partial charge in [0.05, 0.1) is 17.9 Å². The van der Waals surface area contributed by atoms with Gasteiger partial charge in [0.1, 0.15) is 0 Å². The second kappa shape index (κ2) is 7.29. The summed E-state index contributed by atoms with van der Waals surface area (Å²) < 4.78 is 0. The maximum Gasteiger partial charge on any atom is 0.238 e. The van der Waals surface area contributed by atoms with Crippen LogP contribution in [0.2, 0.25) is 0 Å². The lowest BCUT2D eigenvalue weighted by Gasteiger charge is -2.25. The van der Waals surface area contributed by atoms with E-state index in [9.17, 15) is 4.79 Å². The highest BCUT2D eigenvalue weighted by atomic mass is 16.2. The van der Waals surface area contributed by atoms with Gasteiger partial charge in [-0.1, -0.05) is 26.0 Å². The number of para-hydroxylation sites is 1. The number of aryl methyl sites for hydroxylation is 1. The number of hydrogen-bond acceptors (Lipinski definition) is 3. The van der Waals surface area contributed by atoms with Crippen molar-refractivity contribution in [2.24, 2.45) is 5.92 Å². The lowest BCUT2D eigenvalue weighted by atomic mass is 10.0. The maximum absolute atomic E-state index is 12.1. The van der Waals surface area contributed by atoms with Crippen molar-refractivity contribution in [2.75, 3.05) is 24.6 Å². The first-order valence-corrected chi connectivity index (χ1v) is 7.16. The first kappa shape index (κ1) is 16.5. The summed E-state index contributed by atoms with van der Waals surface area (Å²) in [5, 5.41) is 2.91. The minimum Gasteiger partial charge on any atom is -0.397 e. The highest BCUT2D eigenvalue weighted by Gasteiger charge is 2.15. The molecule has 0 radical (unpaired) electrons. The Balaban J connectivity index is 2.60. The first-order valence-electron chi connectivity index (χ1n) is 7.16. The van der Waals surface area contributed by atoms with Crippen molar-refractivity contribution in [1.29, 1.82) is 0 Å². The Bertz CT molecular complexity index is 437. The fourth-order valence-electron chi connectivity index (χ4n) is 2.28. The van der Waals surface area contributed by atoms with Crippen molar-refractivity contribution in [3.05, 3.63) is 23.8 Å². The Morgan fingerprint density at radius 1 is 1.35 bits per heavy atom. The van der Waals surface area contributed by atoms with E-state index in [1.807, 2.05) is 26.1 Å². The van der Waals surface area contributed by atoms with Crippen LogP contribution in [0.1, 0.15) is 32.8 Å². The topological polar surface area (TPSA) is 58.4 Å². The van der Waals surface area contributed by atoms with E-state index in [2.05, 4.69) is 31.0 Å². The first-order chi connectivity index (χ1) is 9.31. The van der Waals surface area contributed by atoms with E-state index in [0.717, 1.165) is 17.7 Å². The van der Waals surface area contributed by atoms with Crippen LogP contribution in [0.15, 0.2) is 18.2 Å². The molecule has 1 atom stereocenters. The summed E-state index contributed by atoms with van der Waals surface area (Å²) in [6, 6.07) is 6.01. The lowest BCUT2D eigenvalue weighted by molar-refractivity contribution is -0.117. The molecule has 112 valence electrons. The minimum absolute atomic E-state index is 0.0240. The van der Waals surface area contributed by atoms with Crippen LogP contribution in [-0.2, 0) is 4.79 Å². The number of nitrogens with zero attached hydrogens (tertiary/aromatic N) is 1. The summed E-state index contributed by atoms with van der Waals surface area (Å²) in [5.41, 5.74) is 8.21. The van der Waals surface area contributed by atoms with E-state index in [0.29, 0.717) is 24.2 Å². The standard InChI is InChI=1S/C16H27N3O/c1-11(2)9-13(4)19(5)10-15(20)18-16-12(3)7-6-8-14(16)17/h6-8,11,13H,9-10,17H2,1-5H3,(H,18,20). The van der Waals surface area contributed by atoms with Gasteiger partial charge in [0.25, 0.3) is 0 Å². The van der Waals surface area contributed by atoms with Gasteiger partial charge in [-0.2, -0.15) is 0 Å². The molecule has 1 unspecified atom stereocenters. The summed E-state index contributed by atoms with van der Waals surface area (Å²) in [5.74, 6) is 0.603. The monoisotopic (exact) mass is 277 g/mol. The second-order valence-corrected chi connectivity index (χ2v) is 5.98. The van der Waals surface area contributed by atoms with Crippen LogP contribution < -0.4 is 11.1 Å². The molecule has 0 saturated carbocycles. The maximum atomic E-state index is 12.1. The van der Waals surface area contributed by atoms with E-state index in [1.165, 1.54) is 0 Å². The number of likely N-dealkylation sites (N-methyl/N-ethyl adjacent to an activating group) is 1. The Labute approximate surface area is 122 Å². The summed E-state index contributed by atoms with van der Waals surface area (Å²) in [4.78, 5) is 14.2. The number of rotatable bonds is 6. The van der Waals surface area contributed by atoms with Gasteiger partial charge in [0.2, 0.25) is 5.91 Å². The predicted octanol–water partition coefficient (Wildman–Crippen LogP) is 2.88. The largest absolute Gasteiger partial charge is 0.397 e. The van der Waals surface area contributed by atoms with Gasteiger partial charge >= 0.3 is 0 Å². The smallest absolute Gasteiger partial charge is 0.238 e. The van der Waals surface area contributed by atoms with Gasteiger partial charge in [-0.25, -0.2) is 0 Å². The van der Waals surface area contributed by atoms with Gasteiger partial charge in [-0.3, -0.25) is 9.69 Å². The van der Waals surface area contributed by atoms with Crippen molar-refractivity contribution in [1.82, 2.24) is 4.90 Å². The van der Waals surface area contributed by atoms with Crippen LogP contribution in [0.25, 0.3) is 0 Å². The molecule has 1 amide bonds. The fourth-order valence-corrected chi connectivity index (χ4v) is 2.28. The molecule has 0 bridgehead atoms. The number of anilines is 2. The van der Waals surface area contributed by atoms with Crippen molar-refractivity contribution in [3.63, 3.8) is 0 Å². The number of benzene rings is 1. The number of hydrogen-bond donors (Lipinski definition) is 2. The molecule has 0 aliphatic carbocycles. The van der Waals surface area contributed by atoms with Gasteiger partial charge in [0, 0.05) is 6.04 Å². The third kappa shape index (κ3) is 4.85. The SMILES string of the molecule is Cc1cccc(N)c1NC(=O)CN(C)C(C)CC(C)C. The van der Waals surface area contributed by atoms with Crippen molar-refractivity contribution < 1.29 is 4.79 Å². The molecule has 0 aliphatic rings. The highest BCUT2D eigenvalue weighted by Crippen LogP contribution is 2.22. The number of nitrogens with one attached hydrogen (secondary N) is 1. The summed E-state index contributed by atoms with van der Waals surface area (Å²) in [6.07, 6.45) is 1.08. The number of nitrogen functional groups attached to an aromatic ring is 1. The number of carbonyl (C=O) groups is 1. The number of carbonyl (C=O) groups excluding carboxylic acids is 1. The molecule has 0 heterocycles. The zero-order chi connectivity index (χ0) is 15.3. The number of nitrogens with two attached hydrogens (primary N) is 1. The molecule has 0 aliphatic heterocycles. The summed E-state index contributed by atoms with van der Waals surface area (Å²) >= 11 is 0. The molecule has 0 aromatic heterocycles. The average molecular weight is 277 g/mol. The van der Waals surface area contributed by atoms with E-state index < -0.39 is 0 Å². The quantitative estimate of drug-likeness (QED) is 0.786. The fraction of sp³-hybridized carbons (Fsp3) is 0.562. The van der Waals surface area contributed by atoms with Crippen LogP contribution in [0.3, 0.4) is 0 Å². The third-order valence-electron chi connectivity index (χ3n) is 3.53. The van der Waals surface area contributed by atoms with Crippen LogP contribution in [-0.4, -0.2) is 30.4 Å². The van der Waals surface area contributed by atoms with Gasteiger partial charge in [-0.15, -0.1) is 0 Å². The predicted molar refractivity (Wildman–Crippen MR) is 85.8 cm³/mol. The summed E-state index contributed by atoms with van der Waals surface area (Å²) in [6.45, 7) is 8.85. The van der Waals surface area contributed by atoms with E-state index in [-0.39, 0.29) is 5.91 Å². The number of amides is 1. The minimum atomic E-state index is -0.0240. The molecule has 20 heavy (non-hydrogen) atoms. The molecule has 4 nitrogen and oxygen atoms in total. The van der Waals surface area contributed by atoms with Gasteiger partial charge < -0.3 is 11.1 Å². The molecule has 1 aromatic carbocycles. The van der Waals surface area contributed by atoms with Crippen molar-refractivity contribution in [3.8, 4) is 0 Å². The molecule has 0 fully saturated rings. The molecular formula is C16H27N3O. The van der Waals surface area contributed by atoms with Crippen LogP contribution in [0.5, 0.6) is 0 Å². The normalized spacial score (nSPS) is 12.8. The molecule has 1 aromatic rings. The third-order valence-corrected chi connectivity index (χ3v) is 3.53. The molecular weight excluding hydrogens is 250 g/mol. The summed E-state index contributed by atoms with van der Waals surface area (Å²) in [7, 11) is 1.98. The Morgan fingerprint density at radius 3 is 2.55 bits per heavy atom. The van der Waals surface area contributed by atoms with E-state index >= 15 is 0 Å². The van der Waals surface area contributed by atoms with Crippen molar-refractivity contribution in [2.45, 2.75) is 40.2 Å². The zero-order valence-electron chi connectivity index (χ0n) is 13.2. The molecule has 1 rings (SSSR count). The Hall–Kier alpha value is -1.55. The van der Waals surface area contributed by atoms with Crippen molar-refractivity contribution >= 4 is 17.3 Å². The second-order valence-electron chi connectivity index (χ2n) is 5.98. The van der Waals surface area contributed by atoms with Gasteiger partial charge in [0.15, 0.2) is 0 Å². The van der Waals surface area contributed by atoms with Gasteiger partial charge in [-0.05, 0) is 44.9 Å². The van der Waals surface area contributed by atoms with E-state index in [4.69, 9.17) is 5.73 Å². The van der Waals surface area contributed by atoms with Crippen LogP contribution >= 0.6 is 0 Å². The Kier molecular flexibility index (Phi) is 6.02. The zero-order valence-corrected chi connectivity index (χ0v) is 13.2. The van der Waals surface area contributed by atoms with Crippen LogP contribution in [0.4, 0.5) is 11.4 Å². The van der Waals surface area contributed by atoms with Crippen LogP contribution in [0, 0.1) is 12.8 Å². The molecule has 4 heteroatoms. The average Bonchev–Trinajstić information content (AvgIpc) is 2.33. The molecule has 0 spiro atoms.